The molecule has 94 valence electrons. The van der Waals surface area contributed by atoms with Crippen LogP contribution in [-0.4, -0.2) is 14.5 Å². The first-order valence-corrected chi connectivity index (χ1v) is 5.91. The first-order chi connectivity index (χ1) is 9.18. The SMILES string of the molecule is O=c1[nH]c2ccccc2c(=O)n1-c1cccnc1Cl. The van der Waals surface area contributed by atoms with Gasteiger partial charge in [-0.05, 0) is 24.3 Å². The summed E-state index contributed by atoms with van der Waals surface area (Å²) >= 11 is 5.93. The molecule has 0 spiro atoms. The highest BCUT2D eigenvalue weighted by atomic mass is 35.5. The molecular weight excluding hydrogens is 266 g/mol. The van der Waals surface area contributed by atoms with E-state index < -0.39 is 11.2 Å². The molecule has 2 aromatic heterocycles. The Labute approximate surface area is 112 Å². The van der Waals surface area contributed by atoms with Crippen molar-refractivity contribution < 1.29 is 0 Å². The van der Waals surface area contributed by atoms with Crippen molar-refractivity contribution in [1.29, 1.82) is 0 Å². The molecule has 3 rings (SSSR count). The summed E-state index contributed by atoms with van der Waals surface area (Å²) in [6, 6.07) is 9.99. The minimum Gasteiger partial charge on any atom is -0.306 e. The molecule has 1 aromatic carbocycles. The quantitative estimate of drug-likeness (QED) is 0.687. The molecule has 19 heavy (non-hydrogen) atoms. The van der Waals surface area contributed by atoms with Crippen LogP contribution in [0.2, 0.25) is 5.15 Å². The number of nitrogens with zero attached hydrogens (tertiary/aromatic N) is 2. The zero-order chi connectivity index (χ0) is 13.4. The maximum absolute atomic E-state index is 12.4. The van der Waals surface area contributed by atoms with Crippen LogP contribution in [0.1, 0.15) is 0 Å². The van der Waals surface area contributed by atoms with Crippen LogP contribution in [0.15, 0.2) is 52.2 Å². The molecule has 0 aliphatic rings. The molecule has 5 nitrogen and oxygen atoms in total. The molecule has 0 bridgehead atoms. The Morgan fingerprint density at radius 1 is 1.11 bits per heavy atom. The van der Waals surface area contributed by atoms with Gasteiger partial charge >= 0.3 is 5.69 Å². The Morgan fingerprint density at radius 2 is 1.89 bits per heavy atom. The fourth-order valence-corrected chi connectivity index (χ4v) is 2.13. The number of benzene rings is 1. The van der Waals surface area contributed by atoms with E-state index in [1.807, 2.05) is 0 Å². The third-order valence-electron chi connectivity index (χ3n) is 2.79. The lowest BCUT2D eigenvalue weighted by atomic mass is 10.2. The number of hydrogen-bond donors (Lipinski definition) is 1. The largest absolute Gasteiger partial charge is 0.333 e. The van der Waals surface area contributed by atoms with E-state index in [4.69, 9.17) is 11.6 Å². The molecule has 0 fully saturated rings. The smallest absolute Gasteiger partial charge is 0.306 e. The van der Waals surface area contributed by atoms with E-state index in [-0.39, 0.29) is 10.8 Å². The van der Waals surface area contributed by atoms with Crippen LogP contribution in [0, 0.1) is 0 Å². The lowest BCUT2D eigenvalue weighted by Gasteiger charge is -2.07. The van der Waals surface area contributed by atoms with Crippen LogP contribution in [0.4, 0.5) is 0 Å². The van der Waals surface area contributed by atoms with Crippen LogP contribution in [0.25, 0.3) is 16.6 Å². The Balaban J connectivity index is 2.47. The van der Waals surface area contributed by atoms with Crippen molar-refractivity contribution in [3.8, 4) is 5.69 Å². The Morgan fingerprint density at radius 3 is 2.68 bits per heavy atom. The van der Waals surface area contributed by atoms with Crippen molar-refractivity contribution >= 4 is 22.5 Å². The number of aromatic nitrogens is 3. The molecule has 0 amide bonds. The molecule has 0 unspecified atom stereocenters. The third-order valence-corrected chi connectivity index (χ3v) is 3.08. The third kappa shape index (κ3) is 1.84. The number of rotatable bonds is 1. The molecular formula is C13H8ClN3O2. The molecule has 0 aliphatic carbocycles. The number of nitrogens with one attached hydrogen (secondary N) is 1. The van der Waals surface area contributed by atoms with Crippen LogP contribution < -0.4 is 11.2 Å². The van der Waals surface area contributed by atoms with Crippen LogP contribution in [-0.2, 0) is 0 Å². The zero-order valence-corrected chi connectivity index (χ0v) is 10.4. The Kier molecular flexibility index (Phi) is 2.68. The van der Waals surface area contributed by atoms with Gasteiger partial charge < -0.3 is 4.98 Å². The lowest BCUT2D eigenvalue weighted by molar-refractivity contribution is 0.895. The van der Waals surface area contributed by atoms with Crippen molar-refractivity contribution in [3.05, 3.63) is 68.6 Å². The summed E-state index contributed by atoms with van der Waals surface area (Å²) in [5.74, 6) is 0. The maximum Gasteiger partial charge on any atom is 0.333 e. The van der Waals surface area contributed by atoms with Gasteiger partial charge in [0.05, 0.1) is 16.6 Å². The monoisotopic (exact) mass is 273 g/mol. The number of hydrogen-bond acceptors (Lipinski definition) is 3. The summed E-state index contributed by atoms with van der Waals surface area (Å²) in [7, 11) is 0. The van der Waals surface area contributed by atoms with Crippen molar-refractivity contribution in [1.82, 2.24) is 14.5 Å². The second-order valence-corrected chi connectivity index (χ2v) is 4.29. The van der Waals surface area contributed by atoms with Gasteiger partial charge in [0.15, 0.2) is 5.15 Å². The van der Waals surface area contributed by atoms with Crippen LogP contribution >= 0.6 is 11.6 Å². The number of H-pyrrole nitrogens is 1. The second kappa shape index (κ2) is 4.37. The van der Waals surface area contributed by atoms with E-state index in [1.54, 1.807) is 36.4 Å². The van der Waals surface area contributed by atoms with Crippen molar-refractivity contribution in [3.63, 3.8) is 0 Å². The molecule has 0 saturated carbocycles. The second-order valence-electron chi connectivity index (χ2n) is 3.93. The van der Waals surface area contributed by atoms with E-state index in [0.717, 1.165) is 4.57 Å². The Bertz CT molecular complexity index is 883. The van der Waals surface area contributed by atoms with E-state index in [2.05, 4.69) is 9.97 Å². The van der Waals surface area contributed by atoms with Gasteiger partial charge in [-0.3, -0.25) is 4.79 Å². The van der Waals surface area contributed by atoms with E-state index in [1.165, 1.54) is 6.20 Å². The van der Waals surface area contributed by atoms with E-state index in [0.29, 0.717) is 10.9 Å². The van der Waals surface area contributed by atoms with E-state index in [9.17, 15) is 9.59 Å². The first kappa shape index (κ1) is 11.7. The minimum absolute atomic E-state index is 0.102. The summed E-state index contributed by atoms with van der Waals surface area (Å²) in [6.45, 7) is 0. The normalized spacial score (nSPS) is 10.8. The van der Waals surface area contributed by atoms with Gasteiger partial charge in [-0.1, -0.05) is 23.7 Å². The van der Waals surface area contributed by atoms with E-state index >= 15 is 0 Å². The molecule has 0 aliphatic heterocycles. The number of pyridine rings is 1. The molecule has 0 saturated heterocycles. The summed E-state index contributed by atoms with van der Waals surface area (Å²) in [5, 5.41) is 0.521. The highest BCUT2D eigenvalue weighted by Gasteiger charge is 2.11. The molecule has 0 radical (unpaired) electrons. The number of aromatic amines is 1. The highest BCUT2D eigenvalue weighted by molar-refractivity contribution is 6.31. The van der Waals surface area contributed by atoms with Crippen LogP contribution in [0.5, 0.6) is 0 Å². The van der Waals surface area contributed by atoms with Gasteiger partial charge in [0, 0.05) is 6.20 Å². The molecule has 2 heterocycles. The average molecular weight is 274 g/mol. The molecule has 1 N–H and O–H groups in total. The standard InChI is InChI=1S/C13H8ClN3O2/c14-11-10(6-3-7-15-11)17-12(18)8-4-1-2-5-9(8)16-13(17)19/h1-7H,(H,16,19). The topological polar surface area (TPSA) is 67.8 Å². The fourth-order valence-electron chi connectivity index (χ4n) is 1.93. The van der Waals surface area contributed by atoms with Gasteiger partial charge in [-0.15, -0.1) is 0 Å². The number of halogens is 1. The van der Waals surface area contributed by atoms with Crippen LogP contribution in [0.3, 0.4) is 0 Å². The summed E-state index contributed by atoms with van der Waals surface area (Å²) in [6.07, 6.45) is 1.49. The van der Waals surface area contributed by atoms with Gasteiger partial charge in [0.1, 0.15) is 0 Å². The van der Waals surface area contributed by atoms with Gasteiger partial charge in [0.25, 0.3) is 5.56 Å². The predicted octanol–water partition coefficient (Wildman–Crippen LogP) is 1.73. The molecule has 3 aromatic rings. The fraction of sp³-hybridized carbons (Fsp3) is 0. The number of para-hydroxylation sites is 1. The lowest BCUT2D eigenvalue weighted by Crippen LogP contribution is -2.33. The average Bonchev–Trinajstić information content (AvgIpc) is 2.41. The van der Waals surface area contributed by atoms with Gasteiger partial charge in [0.2, 0.25) is 0 Å². The molecule has 6 heteroatoms. The maximum atomic E-state index is 12.4. The summed E-state index contributed by atoms with van der Waals surface area (Å²) < 4.78 is 0.984. The van der Waals surface area contributed by atoms with Crippen molar-refractivity contribution in [2.45, 2.75) is 0 Å². The molecule has 0 atom stereocenters. The van der Waals surface area contributed by atoms with Crippen molar-refractivity contribution in [2.75, 3.05) is 0 Å². The number of fused-ring (bicyclic) bond motifs is 1. The van der Waals surface area contributed by atoms with Crippen molar-refractivity contribution in [2.24, 2.45) is 0 Å². The zero-order valence-electron chi connectivity index (χ0n) is 9.63. The minimum atomic E-state index is -0.543. The summed E-state index contributed by atoms with van der Waals surface area (Å²) in [5.41, 5.74) is -0.206. The highest BCUT2D eigenvalue weighted by Crippen LogP contribution is 2.14. The van der Waals surface area contributed by atoms with Gasteiger partial charge in [-0.25, -0.2) is 14.3 Å². The summed E-state index contributed by atoms with van der Waals surface area (Å²) in [4.78, 5) is 30.9. The first-order valence-electron chi connectivity index (χ1n) is 5.53. The predicted molar refractivity (Wildman–Crippen MR) is 73.0 cm³/mol. The van der Waals surface area contributed by atoms with Gasteiger partial charge in [-0.2, -0.15) is 0 Å². The Hall–Kier alpha value is -2.40.